The first-order valence-electron chi connectivity index (χ1n) is 8.37. The third kappa shape index (κ3) is 3.98. The van der Waals surface area contributed by atoms with Crippen molar-refractivity contribution in [3.63, 3.8) is 0 Å². The molecule has 1 aliphatic rings. The Morgan fingerprint density at radius 2 is 1.81 bits per heavy atom. The number of benzene rings is 2. The summed E-state index contributed by atoms with van der Waals surface area (Å²) in [6, 6.07) is 12.4. The molecule has 0 spiro atoms. The Labute approximate surface area is 165 Å². The van der Waals surface area contributed by atoms with Crippen LogP contribution in [-0.2, 0) is 9.59 Å². The Hall–Kier alpha value is -2.80. The van der Waals surface area contributed by atoms with Crippen molar-refractivity contribution in [3.8, 4) is 11.5 Å². The molecule has 0 unspecified atom stereocenters. The van der Waals surface area contributed by atoms with Gasteiger partial charge in [0.15, 0.2) is 11.5 Å². The number of para-hydroxylation sites is 1. The molecule has 1 aliphatic heterocycles. The van der Waals surface area contributed by atoms with Gasteiger partial charge in [-0.1, -0.05) is 34.1 Å². The number of hydrazine groups is 1. The largest absolute Gasteiger partial charge is 0.493 e. The van der Waals surface area contributed by atoms with Crippen LogP contribution in [0.3, 0.4) is 0 Å². The predicted octanol–water partition coefficient (Wildman–Crippen LogP) is 3.71. The molecule has 1 saturated heterocycles. The minimum atomic E-state index is -0.461. The van der Waals surface area contributed by atoms with Crippen LogP contribution in [0.25, 0.3) is 6.08 Å². The second-order valence-electron chi connectivity index (χ2n) is 6.17. The van der Waals surface area contributed by atoms with Gasteiger partial charge in [0.1, 0.15) is 5.57 Å². The average Bonchev–Trinajstić information content (AvgIpc) is 2.92. The number of hydrogen-bond donors (Lipinski definition) is 1. The van der Waals surface area contributed by atoms with Gasteiger partial charge in [0.25, 0.3) is 11.8 Å². The third-order valence-electron chi connectivity index (χ3n) is 3.85. The molecule has 0 aliphatic carbocycles. The number of rotatable bonds is 5. The Kier molecular flexibility index (Phi) is 5.51. The lowest BCUT2D eigenvalue weighted by atomic mass is 10.1. The van der Waals surface area contributed by atoms with Crippen molar-refractivity contribution in [3.05, 3.63) is 58.1 Å². The maximum Gasteiger partial charge on any atom is 0.282 e. The summed E-state index contributed by atoms with van der Waals surface area (Å²) in [6.07, 6.45) is 1.52. The molecule has 0 bridgehead atoms. The van der Waals surface area contributed by atoms with Gasteiger partial charge in [-0.05, 0) is 49.8 Å². The number of nitrogens with zero attached hydrogens (tertiary/aromatic N) is 1. The van der Waals surface area contributed by atoms with Crippen molar-refractivity contribution < 1.29 is 19.1 Å². The van der Waals surface area contributed by atoms with Gasteiger partial charge < -0.3 is 9.47 Å². The molecule has 0 radical (unpaired) electrons. The molecule has 0 aromatic heterocycles. The number of carbonyl (C=O) groups is 2. The number of carbonyl (C=O) groups excluding carboxylic acids is 2. The average molecular weight is 431 g/mol. The molecule has 1 N–H and O–H groups in total. The van der Waals surface area contributed by atoms with Gasteiger partial charge in [0, 0.05) is 4.47 Å². The lowest BCUT2D eigenvalue weighted by molar-refractivity contribution is -0.117. The maximum absolute atomic E-state index is 12.7. The van der Waals surface area contributed by atoms with Crippen LogP contribution in [0.1, 0.15) is 19.4 Å². The number of methoxy groups -OCH3 is 1. The number of nitrogens with one attached hydrogen (secondary N) is 1. The summed E-state index contributed by atoms with van der Waals surface area (Å²) >= 11 is 3.47. The number of halogens is 1. The van der Waals surface area contributed by atoms with Gasteiger partial charge in [-0.15, -0.1) is 0 Å². The number of hydrogen-bond acceptors (Lipinski definition) is 4. The van der Waals surface area contributed by atoms with Crippen molar-refractivity contribution in [2.45, 2.75) is 20.0 Å². The molecule has 3 rings (SSSR count). The minimum Gasteiger partial charge on any atom is -0.493 e. The van der Waals surface area contributed by atoms with Crippen LogP contribution in [-0.4, -0.2) is 25.0 Å². The summed E-state index contributed by atoms with van der Waals surface area (Å²) in [5.74, 6) is 0.218. The van der Waals surface area contributed by atoms with Crippen LogP contribution in [0.4, 0.5) is 5.69 Å². The lowest BCUT2D eigenvalue weighted by Gasteiger charge is -2.15. The van der Waals surface area contributed by atoms with E-state index in [0.717, 1.165) is 0 Å². The molecule has 2 amide bonds. The molecular weight excluding hydrogens is 412 g/mol. The zero-order valence-corrected chi connectivity index (χ0v) is 16.7. The highest BCUT2D eigenvalue weighted by atomic mass is 79.9. The lowest BCUT2D eigenvalue weighted by Crippen LogP contribution is -2.35. The molecule has 140 valence electrons. The molecule has 27 heavy (non-hydrogen) atoms. The summed E-state index contributed by atoms with van der Waals surface area (Å²) in [4.78, 5) is 25.0. The van der Waals surface area contributed by atoms with E-state index in [1.54, 1.807) is 36.4 Å². The molecule has 7 heteroatoms. The first-order valence-corrected chi connectivity index (χ1v) is 9.16. The topological polar surface area (TPSA) is 67.9 Å². The zero-order chi connectivity index (χ0) is 19.6. The summed E-state index contributed by atoms with van der Waals surface area (Å²) in [7, 11) is 1.54. The van der Waals surface area contributed by atoms with Crippen LogP contribution in [0, 0.1) is 0 Å². The van der Waals surface area contributed by atoms with Crippen molar-refractivity contribution >= 4 is 39.5 Å². The second-order valence-corrected chi connectivity index (χ2v) is 7.02. The van der Waals surface area contributed by atoms with E-state index in [4.69, 9.17) is 9.47 Å². The van der Waals surface area contributed by atoms with Gasteiger partial charge in [-0.2, -0.15) is 0 Å². The third-order valence-corrected chi connectivity index (χ3v) is 4.54. The Bertz CT molecular complexity index is 910. The predicted molar refractivity (Wildman–Crippen MR) is 107 cm³/mol. The highest BCUT2D eigenvalue weighted by molar-refractivity contribution is 9.10. The molecular formula is C20H19BrN2O4. The van der Waals surface area contributed by atoms with Gasteiger partial charge in [0.2, 0.25) is 0 Å². The fraction of sp³-hybridized carbons (Fsp3) is 0.200. The van der Waals surface area contributed by atoms with E-state index in [0.29, 0.717) is 27.2 Å². The van der Waals surface area contributed by atoms with E-state index in [1.807, 2.05) is 19.9 Å². The zero-order valence-electron chi connectivity index (χ0n) is 15.2. The standard InChI is InChI=1S/C20H19BrN2O4/c1-12(2)27-18-11-16(21)13(10-17(18)26-3)9-15-19(24)22-23(20(15)25)14-7-5-4-6-8-14/h4-12H,1-3H3,(H,22,24)/b15-9-. The summed E-state index contributed by atoms with van der Waals surface area (Å²) in [5, 5.41) is 1.23. The highest BCUT2D eigenvalue weighted by Crippen LogP contribution is 2.35. The van der Waals surface area contributed by atoms with E-state index in [-0.39, 0.29) is 11.7 Å². The van der Waals surface area contributed by atoms with Crippen LogP contribution < -0.4 is 19.9 Å². The Balaban J connectivity index is 1.96. The maximum atomic E-state index is 12.7. The quantitative estimate of drug-likeness (QED) is 0.579. The molecule has 6 nitrogen and oxygen atoms in total. The van der Waals surface area contributed by atoms with E-state index in [1.165, 1.54) is 18.2 Å². The van der Waals surface area contributed by atoms with E-state index < -0.39 is 11.8 Å². The summed E-state index contributed by atoms with van der Waals surface area (Å²) < 4.78 is 11.8. The van der Waals surface area contributed by atoms with E-state index in [2.05, 4.69) is 21.4 Å². The number of ether oxygens (including phenoxy) is 2. The molecule has 2 aromatic carbocycles. The molecule has 1 heterocycles. The first-order chi connectivity index (χ1) is 12.9. The second kappa shape index (κ2) is 7.84. The van der Waals surface area contributed by atoms with Crippen LogP contribution in [0.2, 0.25) is 0 Å². The van der Waals surface area contributed by atoms with Gasteiger partial charge in [0.05, 0.1) is 18.9 Å². The fourth-order valence-electron chi connectivity index (χ4n) is 2.64. The SMILES string of the molecule is COc1cc(/C=C2/C(=O)NN(c3ccccc3)C2=O)c(Br)cc1OC(C)C. The van der Waals surface area contributed by atoms with Crippen molar-refractivity contribution in [1.82, 2.24) is 5.43 Å². The van der Waals surface area contributed by atoms with Crippen LogP contribution in [0.5, 0.6) is 11.5 Å². The monoisotopic (exact) mass is 430 g/mol. The smallest absolute Gasteiger partial charge is 0.282 e. The summed E-state index contributed by atoms with van der Waals surface area (Å²) in [5.41, 5.74) is 3.85. The molecule has 2 aromatic rings. The first kappa shape index (κ1) is 19.0. The molecule has 0 saturated carbocycles. The van der Waals surface area contributed by atoms with Crippen molar-refractivity contribution in [2.24, 2.45) is 0 Å². The van der Waals surface area contributed by atoms with E-state index >= 15 is 0 Å². The number of amides is 2. The highest BCUT2D eigenvalue weighted by Gasteiger charge is 2.34. The van der Waals surface area contributed by atoms with E-state index in [9.17, 15) is 9.59 Å². The Morgan fingerprint density at radius 1 is 1.11 bits per heavy atom. The van der Waals surface area contributed by atoms with Crippen LogP contribution >= 0.6 is 15.9 Å². The molecule has 1 fully saturated rings. The van der Waals surface area contributed by atoms with Gasteiger partial charge >= 0.3 is 0 Å². The van der Waals surface area contributed by atoms with Gasteiger partial charge in [-0.25, -0.2) is 5.01 Å². The minimum absolute atomic E-state index is 0.0170. The molecule has 0 atom stereocenters. The fourth-order valence-corrected chi connectivity index (χ4v) is 3.08. The Morgan fingerprint density at radius 3 is 2.44 bits per heavy atom. The summed E-state index contributed by atoms with van der Waals surface area (Å²) in [6.45, 7) is 3.84. The normalized spacial score (nSPS) is 15.4. The van der Waals surface area contributed by atoms with Gasteiger partial charge in [-0.3, -0.25) is 15.0 Å². The van der Waals surface area contributed by atoms with Crippen molar-refractivity contribution in [2.75, 3.05) is 12.1 Å². The van der Waals surface area contributed by atoms with Crippen molar-refractivity contribution in [1.29, 1.82) is 0 Å². The number of anilines is 1. The van der Waals surface area contributed by atoms with Crippen LogP contribution in [0.15, 0.2) is 52.5 Å².